The van der Waals surface area contributed by atoms with Gasteiger partial charge in [-0.05, 0) is 29.8 Å². The maximum atomic E-state index is 11.6. The molecule has 0 saturated heterocycles. The number of carbonyl (C=O) groups excluding carboxylic acids is 1. The number of primary amides is 1. The molecule has 0 atom stereocenters. The minimum absolute atomic E-state index is 0.409. The molecule has 7 heteroatoms. The van der Waals surface area contributed by atoms with E-state index in [2.05, 4.69) is 9.97 Å². The molecule has 0 aliphatic carbocycles. The van der Waals surface area contributed by atoms with Gasteiger partial charge < -0.3 is 21.2 Å². The minimum Gasteiger partial charge on any atom is -0.486 e. The van der Waals surface area contributed by atoms with Gasteiger partial charge in [0, 0.05) is 40.5 Å². The summed E-state index contributed by atoms with van der Waals surface area (Å²) in [5.74, 6) is 0.212. The monoisotopic (exact) mass is 364 g/mol. The lowest BCUT2D eigenvalue weighted by molar-refractivity contribution is 0.100. The van der Waals surface area contributed by atoms with Crippen molar-refractivity contribution in [2.45, 2.75) is 6.61 Å². The molecule has 130 valence electrons. The summed E-state index contributed by atoms with van der Waals surface area (Å²) in [6.07, 6.45) is 3.53. The molecule has 26 heavy (non-hydrogen) atoms. The van der Waals surface area contributed by atoms with Crippen molar-refractivity contribution >= 4 is 33.8 Å². The van der Waals surface area contributed by atoms with E-state index in [1.54, 1.807) is 35.9 Å². The minimum atomic E-state index is -0.470. The number of hydrogen-bond acceptors (Lipinski definition) is 5. The first-order valence-corrected chi connectivity index (χ1v) is 8.82. The van der Waals surface area contributed by atoms with Crippen LogP contribution in [0.3, 0.4) is 0 Å². The van der Waals surface area contributed by atoms with Gasteiger partial charge in [-0.2, -0.15) is 0 Å². The van der Waals surface area contributed by atoms with Crippen molar-refractivity contribution in [2.24, 2.45) is 5.73 Å². The summed E-state index contributed by atoms with van der Waals surface area (Å²) < 4.78 is 5.75. The highest BCUT2D eigenvalue weighted by atomic mass is 32.1. The molecule has 0 bridgehead atoms. The van der Waals surface area contributed by atoms with E-state index >= 15 is 0 Å². The van der Waals surface area contributed by atoms with Crippen molar-refractivity contribution in [2.75, 3.05) is 5.73 Å². The van der Waals surface area contributed by atoms with Gasteiger partial charge in [-0.3, -0.25) is 4.79 Å². The summed E-state index contributed by atoms with van der Waals surface area (Å²) in [6, 6.07) is 11.1. The van der Waals surface area contributed by atoms with Crippen LogP contribution in [-0.4, -0.2) is 15.9 Å². The number of aromatic amines is 1. The SMILES string of the molecule is NC(=O)c1ccc(-c2ccc(OCc3nccs3)cc2N)c2cc[nH]c12. The quantitative estimate of drug-likeness (QED) is 0.471. The molecule has 4 rings (SSSR count). The highest BCUT2D eigenvalue weighted by Crippen LogP contribution is 2.35. The van der Waals surface area contributed by atoms with Crippen LogP contribution in [0.5, 0.6) is 5.75 Å². The lowest BCUT2D eigenvalue weighted by atomic mass is 9.97. The van der Waals surface area contributed by atoms with Crippen LogP contribution in [0.1, 0.15) is 15.4 Å². The molecular formula is C19H16N4O2S. The van der Waals surface area contributed by atoms with Gasteiger partial charge in [-0.1, -0.05) is 6.07 Å². The smallest absolute Gasteiger partial charge is 0.250 e. The second-order valence-corrected chi connectivity index (χ2v) is 6.73. The van der Waals surface area contributed by atoms with Gasteiger partial charge >= 0.3 is 0 Å². The van der Waals surface area contributed by atoms with E-state index in [1.165, 1.54) is 0 Å². The third-order valence-electron chi connectivity index (χ3n) is 4.15. The molecule has 0 saturated carbocycles. The molecule has 0 aliphatic heterocycles. The zero-order chi connectivity index (χ0) is 18.1. The number of anilines is 1. The lowest BCUT2D eigenvalue weighted by Gasteiger charge is -2.11. The molecule has 6 nitrogen and oxygen atoms in total. The van der Waals surface area contributed by atoms with Crippen molar-refractivity contribution in [3.05, 3.63) is 64.7 Å². The third kappa shape index (κ3) is 2.89. The van der Waals surface area contributed by atoms with Crippen LogP contribution in [0.25, 0.3) is 22.0 Å². The first kappa shape index (κ1) is 16.2. The summed E-state index contributed by atoms with van der Waals surface area (Å²) in [4.78, 5) is 18.9. The van der Waals surface area contributed by atoms with Gasteiger partial charge in [-0.25, -0.2) is 4.98 Å². The highest BCUT2D eigenvalue weighted by molar-refractivity contribution is 7.09. The standard InChI is InChI=1S/C19H16N4O2S/c20-16-9-11(25-10-17-22-7-8-26-17)1-2-13(16)12-3-4-15(19(21)24)18-14(12)5-6-23-18/h1-9,23H,10,20H2,(H2,21,24). The number of rotatable bonds is 5. The number of H-pyrrole nitrogens is 1. The number of fused-ring (bicyclic) bond motifs is 1. The molecule has 2 heterocycles. The van der Waals surface area contributed by atoms with Crippen LogP contribution in [0.4, 0.5) is 5.69 Å². The summed E-state index contributed by atoms with van der Waals surface area (Å²) in [6.45, 7) is 0.409. The summed E-state index contributed by atoms with van der Waals surface area (Å²) in [5.41, 5.74) is 15.3. The molecule has 2 aromatic carbocycles. The number of nitrogens with one attached hydrogen (secondary N) is 1. The maximum absolute atomic E-state index is 11.6. The van der Waals surface area contributed by atoms with E-state index < -0.39 is 5.91 Å². The maximum Gasteiger partial charge on any atom is 0.250 e. The Hall–Kier alpha value is -3.32. The predicted octanol–water partition coefficient (Wildman–Crippen LogP) is 3.55. The van der Waals surface area contributed by atoms with Crippen LogP contribution in [0.2, 0.25) is 0 Å². The summed E-state index contributed by atoms with van der Waals surface area (Å²) >= 11 is 1.54. The number of nitrogen functional groups attached to an aromatic ring is 1. The Morgan fingerprint density at radius 2 is 2.04 bits per heavy atom. The fraction of sp³-hybridized carbons (Fsp3) is 0.0526. The molecule has 1 amide bonds. The lowest BCUT2D eigenvalue weighted by Crippen LogP contribution is -2.11. The summed E-state index contributed by atoms with van der Waals surface area (Å²) in [5, 5.41) is 3.71. The van der Waals surface area contributed by atoms with E-state index in [0.29, 0.717) is 29.1 Å². The van der Waals surface area contributed by atoms with E-state index in [9.17, 15) is 4.79 Å². The van der Waals surface area contributed by atoms with Crippen LogP contribution in [0, 0.1) is 0 Å². The van der Waals surface area contributed by atoms with Gasteiger partial charge in [-0.15, -0.1) is 11.3 Å². The van der Waals surface area contributed by atoms with Gasteiger partial charge in [0.2, 0.25) is 0 Å². The average molecular weight is 364 g/mol. The van der Waals surface area contributed by atoms with Crippen LogP contribution in [-0.2, 0) is 6.61 Å². The molecule has 0 fully saturated rings. The Bertz CT molecular complexity index is 1090. The van der Waals surface area contributed by atoms with Crippen LogP contribution in [0.15, 0.2) is 54.2 Å². The van der Waals surface area contributed by atoms with Crippen molar-refractivity contribution in [1.29, 1.82) is 0 Å². The molecule has 2 aromatic heterocycles. The van der Waals surface area contributed by atoms with Crippen molar-refractivity contribution in [3.63, 3.8) is 0 Å². The van der Waals surface area contributed by atoms with E-state index in [-0.39, 0.29) is 0 Å². The van der Waals surface area contributed by atoms with Crippen molar-refractivity contribution in [1.82, 2.24) is 9.97 Å². The Kier molecular flexibility index (Phi) is 4.06. The predicted molar refractivity (Wildman–Crippen MR) is 103 cm³/mol. The van der Waals surface area contributed by atoms with Gasteiger partial charge in [0.05, 0.1) is 11.1 Å². The van der Waals surface area contributed by atoms with Gasteiger partial charge in [0.1, 0.15) is 17.4 Å². The molecule has 4 aromatic rings. The topological polar surface area (TPSA) is 107 Å². The number of carbonyl (C=O) groups is 1. The Labute approximate surface area is 153 Å². The molecular weight excluding hydrogens is 348 g/mol. The van der Waals surface area contributed by atoms with Crippen molar-refractivity contribution < 1.29 is 9.53 Å². The normalized spacial score (nSPS) is 10.9. The largest absolute Gasteiger partial charge is 0.486 e. The van der Waals surface area contributed by atoms with Gasteiger partial charge in [0.25, 0.3) is 5.91 Å². The van der Waals surface area contributed by atoms with E-state index in [4.69, 9.17) is 16.2 Å². The first-order chi connectivity index (χ1) is 12.6. The second kappa shape index (κ2) is 6.53. The first-order valence-electron chi connectivity index (χ1n) is 7.94. The Balaban J connectivity index is 1.68. The number of aromatic nitrogens is 2. The molecule has 5 N–H and O–H groups in total. The second-order valence-electron chi connectivity index (χ2n) is 5.75. The summed E-state index contributed by atoms with van der Waals surface area (Å²) in [7, 11) is 0. The fourth-order valence-electron chi connectivity index (χ4n) is 2.94. The number of thiazole rings is 1. The number of hydrogen-bond donors (Lipinski definition) is 3. The zero-order valence-corrected chi connectivity index (χ0v) is 14.5. The Morgan fingerprint density at radius 3 is 2.77 bits per heavy atom. The van der Waals surface area contributed by atoms with Crippen LogP contribution < -0.4 is 16.2 Å². The molecule has 0 spiro atoms. The molecule has 0 aliphatic rings. The average Bonchev–Trinajstić information content (AvgIpc) is 3.31. The van der Waals surface area contributed by atoms with E-state index in [1.807, 2.05) is 29.6 Å². The third-order valence-corrected chi connectivity index (χ3v) is 4.90. The molecule has 0 unspecified atom stereocenters. The Morgan fingerprint density at radius 1 is 1.19 bits per heavy atom. The van der Waals surface area contributed by atoms with Gasteiger partial charge in [0.15, 0.2) is 0 Å². The number of nitrogens with two attached hydrogens (primary N) is 2. The fourth-order valence-corrected chi connectivity index (χ4v) is 3.47. The van der Waals surface area contributed by atoms with E-state index in [0.717, 1.165) is 21.5 Å². The number of ether oxygens (including phenoxy) is 1. The molecule has 0 radical (unpaired) electrons. The van der Waals surface area contributed by atoms with Crippen LogP contribution >= 0.6 is 11.3 Å². The highest BCUT2D eigenvalue weighted by Gasteiger charge is 2.14. The van der Waals surface area contributed by atoms with Crippen molar-refractivity contribution in [3.8, 4) is 16.9 Å². The number of benzene rings is 2. The number of nitrogens with zero attached hydrogens (tertiary/aromatic N) is 1. The zero-order valence-electron chi connectivity index (χ0n) is 13.7. The number of amides is 1.